The van der Waals surface area contributed by atoms with Crippen LogP contribution in [0.2, 0.25) is 5.02 Å². The summed E-state index contributed by atoms with van der Waals surface area (Å²) in [5.41, 5.74) is 1.85. The van der Waals surface area contributed by atoms with Crippen LogP contribution in [0.3, 0.4) is 0 Å². The summed E-state index contributed by atoms with van der Waals surface area (Å²) in [6.07, 6.45) is 0. The molecule has 1 amide bonds. The highest BCUT2D eigenvalue weighted by molar-refractivity contribution is 9.10. The van der Waals surface area contributed by atoms with Crippen LogP contribution in [0.5, 0.6) is 0 Å². The van der Waals surface area contributed by atoms with Crippen molar-refractivity contribution in [2.24, 2.45) is 0 Å². The zero-order valence-corrected chi connectivity index (χ0v) is 12.3. The lowest BCUT2D eigenvalue weighted by Gasteiger charge is -2.09. The van der Waals surface area contributed by atoms with Gasteiger partial charge >= 0.3 is 0 Å². The third-order valence-corrected chi connectivity index (χ3v) is 3.55. The molecule has 0 saturated heterocycles. The van der Waals surface area contributed by atoms with Crippen molar-refractivity contribution in [1.82, 2.24) is 0 Å². The molecule has 0 heterocycles. The van der Waals surface area contributed by atoms with Gasteiger partial charge in [-0.05, 0) is 53.2 Å². The highest BCUT2D eigenvalue weighted by Crippen LogP contribution is 2.25. The number of amides is 1. The van der Waals surface area contributed by atoms with Gasteiger partial charge in [-0.1, -0.05) is 23.2 Å². The Morgan fingerprint density at radius 3 is 2.68 bits per heavy atom. The van der Waals surface area contributed by atoms with Crippen molar-refractivity contribution in [2.75, 3.05) is 5.32 Å². The topological polar surface area (TPSA) is 29.1 Å². The van der Waals surface area contributed by atoms with Crippen molar-refractivity contribution in [3.63, 3.8) is 0 Å². The Labute approximate surface area is 123 Å². The van der Waals surface area contributed by atoms with E-state index in [1.165, 1.54) is 12.1 Å². The second-order valence-electron chi connectivity index (χ2n) is 4.06. The highest BCUT2D eigenvalue weighted by atomic mass is 79.9. The van der Waals surface area contributed by atoms with Gasteiger partial charge in [0.1, 0.15) is 5.82 Å². The SMILES string of the molecule is Cc1ccc(Br)c(C(=O)Nc2ccc(F)cc2Cl)c1. The average molecular weight is 343 g/mol. The first-order valence-electron chi connectivity index (χ1n) is 5.50. The zero-order valence-electron chi connectivity index (χ0n) is 10.0. The predicted octanol–water partition coefficient (Wildman–Crippen LogP) is 4.80. The fourth-order valence-corrected chi connectivity index (χ4v) is 2.23. The number of rotatable bonds is 2. The number of carbonyl (C=O) groups excluding carboxylic acids is 1. The summed E-state index contributed by atoms with van der Waals surface area (Å²) in [7, 11) is 0. The summed E-state index contributed by atoms with van der Waals surface area (Å²) in [5, 5.41) is 2.82. The van der Waals surface area contributed by atoms with Gasteiger partial charge in [-0.3, -0.25) is 4.79 Å². The standard InChI is InChI=1S/C14H10BrClFNO/c1-8-2-4-11(15)10(6-8)14(19)18-13-5-3-9(17)7-12(13)16/h2-7H,1H3,(H,18,19). The zero-order chi connectivity index (χ0) is 14.0. The van der Waals surface area contributed by atoms with Crippen LogP contribution in [0.25, 0.3) is 0 Å². The Morgan fingerprint density at radius 1 is 1.26 bits per heavy atom. The van der Waals surface area contributed by atoms with Gasteiger partial charge in [-0.25, -0.2) is 4.39 Å². The molecular weight excluding hydrogens is 333 g/mol. The van der Waals surface area contributed by atoms with Gasteiger partial charge in [0, 0.05) is 4.47 Å². The van der Waals surface area contributed by atoms with Crippen LogP contribution in [-0.4, -0.2) is 5.91 Å². The molecule has 19 heavy (non-hydrogen) atoms. The normalized spacial score (nSPS) is 10.3. The van der Waals surface area contributed by atoms with E-state index in [1.54, 1.807) is 12.1 Å². The summed E-state index contributed by atoms with van der Waals surface area (Å²) < 4.78 is 13.6. The van der Waals surface area contributed by atoms with E-state index < -0.39 is 5.82 Å². The fraction of sp³-hybridized carbons (Fsp3) is 0.0714. The Morgan fingerprint density at radius 2 is 2.00 bits per heavy atom. The molecule has 0 radical (unpaired) electrons. The molecule has 0 saturated carbocycles. The minimum Gasteiger partial charge on any atom is -0.321 e. The van der Waals surface area contributed by atoms with E-state index in [-0.39, 0.29) is 10.9 Å². The van der Waals surface area contributed by atoms with Crippen molar-refractivity contribution < 1.29 is 9.18 Å². The molecule has 5 heteroatoms. The molecule has 2 aromatic carbocycles. The quantitative estimate of drug-likeness (QED) is 0.834. The molecule has 98 valence electrons. The molecular formula is C14H10BrClFNO. The van der Waals surface area contributed by atoms with E-state index in [1.807, 2.05) is 13.0 Å². The molecule has 1 N–H and O–H groups in total. The first-order chi connectivity index (χ1) is 8.97. The summed E-state index contributed by atoms with van der Waals surface area (Å²) in [4.78, 5) is 12.1. The molecule has 0 bridgehead atoms. The third-order valence-electron chi connectivity index (χ3n) is 2.55. The minimum atomic E-state index is -0.445. The Balaban J connectivity index is 2.28. The van der Waals surface area contributed by atoms with Crippen molar-refractivity contribution >= 4 is 39.1 Å². The molecule has 0 spiro atoms. The molecule has 0 aliphatic carbocycles. The molecule has 0 unspecified atom stereocenters. The molecule has 2 nitrogen and oxygen atoms in total. The van der Waals surface area contributed by atoms with Crippen molar-refractivity contribution in [3.8, 4) is 0 Å². The largest absolute Gasteiger partial charge is 0.321 e. The van der Waals surface area contributed by atoms with Gasteiger partial charge in [-0.2, -0.15) is 0 Å². The molecule has 0 aliphatic heterocycles. The molecule has 2 rings (SSSR count). The maximum absolute atomic E-state index is 12.9. The number of carbonyl (C=O) groups is 1. The summed E-state index contributed by atoms with van der Waals surface area (Å²) in [6, 6.07) is 9.29. The summed E-state index contributed by atoms with van der Waals surface area (Å²) in [5.74, 6) is -0.746. The second-order valence-corrected chi connectivity index (χ2v) is 5.32. The predicted molar refractivity (Wildman–Crippen MR) is 78.2 cm³/mol. The van der Waals surface area contributed by atoms with Gasteiger partial charge in [0.2, 0.25) is 0 Å². The van der Waals surface area contributed by atoms with Gasteiger partial charge in [-0.15, -0.1) is 0 Å². The molecule has 0 fully saturated rings. The van der Waals surface area contributed by atoms with Crippen LogP contribution in [-0.2, 0) is 0 Å². The van der Waals surface area contributed by atoms with Gasteiger partial charge in [0.15, 0.2) is 0 Å². The fourth-order valence-electron chi connectivity index (χ4n) is 1.59. The van der Waals surface area contributed by atoms with Gasteiger partial charge in [0.25, 0.3) is 5.91 Å². The van der Waals surface area contributed by atoms with E-state index in [9.17, 15) is 9.18 Å². The van der Waals surface area contributed by atoms with Crippen LogP contribution in [0.1, 0.15) is 15.9 Å². The number of hydrogen-bond acceptors (Lipinski definition) is 1. The number of hydrogen-bond donors (Lipinski definition) is 1. The van der Waals surface area contributed by atoms with Crippen LogP contribution in [0.4, 0.5) is 10.1 Å². The van der Waals surface area contributed by atoms with E-state index in [4.69, 9.17) is 11.6 Å². The average Bonchev–Trinajstić information content (AvgIpc) is 2.35. The van der Waals surface area contributed by atoms with Crippen LogP contribution in [0.15, 0.2) is 40.9 Å². The number of halogens is 3. The number of nitrogens with one attached hydrogen (secondary N) is 1. The number of anilines is 1. The van der Waals surface area contributed by atoms with Gasteiger partial charge < -0.3 is 5.32 Å². The minimum absolute atomic E-state index is 0.164. The number of aryl methyl sites for hydroxylation is 1. The molecule has 0 atom stereocenters. The van der Waals surface area contributed by atoms with Crippen molar-refractivity contribution in [3.05, 3.63) is 62.8 Å². The van der Waals surface area contributed by atoms with Gasteiger partial charge in [0.05, 0.1) is 16.3 Å². The lowest BCUT2D eigenvalue weighted by Crippen LogP contribution is -2.13. The number of benzene rings is 2. The lowest BCUT2D eigenvalue weighted by molar-refractivity contribution is 0.102. The first kappa shape index (κ1) is 14.0. The smallest absolute Gasteiger partial charge is 0.256 e. The molecule has 0 aromatic heterocycles. The van der Waals surface area contributed by atoms with Crippen molar-refractivity contribution in [2.45, 2.75) is 6.92 Å². The maximum Gasteiger partial charge on any atom is 0.256 e. The lowest BCUT2D eigenvalue weighted by atomic mass is 10.1. The van der Waals surface area contributed by atoms with Crippen molar-refractivity contribution in [1.29, 1.82) is 0 Å². The molecule has 2 aromatic rings. The summed E-state index contributed by atoms with van der Waals surface area (Å²) in [6.45, 7) is 1.90. The first-order valence-corrected chi connectivity index (χ1v) is 6.67. The maximum atomic E-state index is 12.9. The van der Waals surface area contributed by atoms with E-state index >= 15 is 0 Å². The van der Waals surface area contributed by atoms with Crippen LogP contribution < -0.4 is 5.32 Å². The second kappa shape index (κ2) is 5.72. The van der Waals surface area contributed by atoms with E-state index in [2.05, 4.69) is 21.2 Å². The third kappa shape index (κ3) is 3.33. The van der Waals surface area contributed by atoms with E-state index in [0.717, 1.165) is 11.6 Å². The van der Waals surface area contributed by atoms with E-state index in [0.29, 0.717) is 15.7 Å². The Kier molecular flexibility index (Phi) is 4.22. The highest BCUT2D eigenvalue weighted by Gasteiger charge is 2.12. The molecule has 0 aliphatic rings. The van der Waals surface area contributed by atoms with Crippen LogP contribution in [0, 0.1) is 12.7 Å². The summed E-state index contributed by atoms with van der Waals surface area (Å²) >= 11 is 9.19. The Hall–Kier alpha value is -1.39. The monoisotopic (exact) mass is 341 g/mol. The van der Waals surface area contributed by atoms with Crippen LogP contribution >= 0.6 is 27.5 Å². The Bertz CT molecular complexity index is 645.